The van der Waals surface area contributed by atoms with Crippen LogP contribution in [0, 0.1) is 11.8 Å². The second kappa shape index (κ2) is 66.9. The molecule has 6 atom stereocenters. The molecule has 0 aliphatic rings. The van der Waals surface area contributed by atoms with Crippen molar-refractivity contribution in [2.24, 2.45) is 11.8 Å². The van der Waals surface area contributed by atoms with Crippen LogP contribution in [0.4, 0.5) is 0 Å². The van der Waals surface area contributed by atoms with E-state index in [1.165, 1.54) is 205 Å². The van der Waals surface area contributed by atoms with Crippen molar-refractivity contribution in [3.63, 3.8) is 0 Å². The summed E-state index contributed by atoms with van der Waals surface area (Å²) in [7, 11) is -9.91. The minimum absolute atomic E-state index is 0.105. The fraction of sp³-hybridized carbons (Fsp3) is 0.947. The zero-order chi connectivity index (χ0) is 69.3. The van der Waals surface area contributed by atoms with Crippen LogP contribution in [0.25, 0.3) is 0 Å². The summed E-state index contributed by atoms with van der Waals surface area (Å²) in [6.07, 6.45) is 54.0. The maximum atomic E-state index is 13.1. The molecule has 0 aromatic carbocycles. The van der Waals surface area contributed by atoms with Gasteiger partial charge >= 0.3 is 39.5 Å². The van der Waals surface area contributed by atoms with Crippen molar-refractivity contribution in [2.75, 3.05) is 39.6 Å². The van der Waals surface area contributed by atoms with Crippen molar-refractivity contribution in [1.29, 1.82) is 0 Å². The Morgan fingerprint density at radius 1 is 0.309 bits per heavy atom. The zero-order valence-electron chi connectivity index (χ0n) is 61.3. The van der Waals surface area contributed by atoms with Gasteiger partial charge in [0.05, 0.1) is 26.4 Å². The Morgan fingerprint density at radius 2 is 0.543 bits per heavy atom. The molecule has 3 N–H and O–H groups in total. The van der Waals surface area contributed by atoms with Gasteiger partial charge in [0.25, 0.3) is 0 Å². The quantitative estimate of drug-likeness (QED) is 0.0222. The highest BCUT2D eigenvalue weighted by Gasteiger charge is 2.30. The van der Waals surface area contributed by atoms with Crippen LogP contribution in [0.5, 0.6) is 0 Å². The average Bonchev–Trinajstić information content (AvgIpc) is 1.26. The lowest BCUT2D eigenvalue weighted by molar-refractivity contribution is -0.161. The molecule has 19 heteroatoms. The number of unbranched alkanes of at least 4 members (excludes halogenated alkanes) is 43. The van der Waals surface area contributed by atoms with Crippen LogP contribution in [-0.4, -0.2) is 96.7 Å². The molecule has 17 nitrogen and oxygen atoms in total. The van der Waals surface area contributed by atoms with E-state index in [1.54, 1.807) is 0 Å². The van der Waals surface area contributed by atoms with Crippen molar-refractivity contribution in [3.05, 3.63) is 0 Å². The van der Waals surface area contributed by atoms with Crippen LogP contribution in [0.2, 0.25) is 0 Å². The number of phosphoric ester groups is 2. The lowest BCUT2D eigenvalue weighted by Crippen LogP contribution is -2.30. The summed E-state index contributed by atoms with van der Waals surface area (Å²) in [6.45, 7) is 9.61. The first kappa shape index (κ1) is 92.1. The summed E-state index contributed by atoms with van der Waals surface area (Å²) in [4.78, 5) is 72.7. The smallest absolute Gasteiger partial charge is 0.462 e. The van der Waals surface area contributed by atoms with E-state index in [0.717, 1.165) is 102 Å². The number of aliphatic hydroxyl groups is 1. The summed E-state index contributed by atoms with van der Waals surface area (Å²) in [5.74, 6) is -0.535. The molecule has 94 heavy (non-hydrogen) atoms. The van der Waals surface area contributed by atoms with Crippen LogP contribution >= 0.6 is 15.6 Å². The van der Waals surface area contributed by atoms with Gasteiger partial charge in [0.15, 0.2) is 12.2 Å². The molecule has 0 saturated carbocycles. The molecule has 0 spiro atoms. The Balaban J connectivity index is 5.23. The molecular weight excluding hydrogens is 1230 g/mol. The van der Waals surface area contributed by atoms with Crippen LogP contribution < -0.4 is 0 Å². The molecule has 0 heterocycles. The molecule has 0 aliphatic heterocycles. The van der Waals surface area contributed by atoms with Gasteiger partial charge in [0.2, 0.25) is 0 Å². The summed E-state index contributed by atoms with van der Waals surface area (Å²) >= 11 is 0. The number of carbonyl (C=O) groups is 4. The van der Waals surface area contributed by atoms with Gasteiger partial charge in [0, 0.05) is 25.7 Å². The van der Waals surface area contributed by atoms with Gasteiger partial charge in [-0.25, -0.2) is 9.13 Å². The van der Waals surface area contributed by atoms with E-state index in [0.29, 0.717) is 25.7 Å². The minimum atomic E-state index is -4.96. The van der Waals surface area contributed by atoms with Crippen molar-refractivity contribution in [3.8, 4) is 0 Å². The number of hydrogen-bond donors (Lipinski definition) is 3. The predicted molar refractivity (Wildman–Crippen MR) is 381 cm³/mol. The van der Waals surface area contributed by atoms with E-state index in [1.807, 2.05) is 0 Å². The normalized spacial score (nSPS) is 14.3. The Labute approximate surface area is 575 Å². The molecule has 0 aliphatic carbocycles. The van der Waals surface area contributed by atoms with Crippen molar-refractivity contribution in [1.82, 2.24) is 0 Å². The molecule has 0 fully saturated rings. The SMILES string of the molecule is CCCCCCCCCCCCCCCCCC(=O)OC[C@H](COP(=O)(O)OC[C@@H](O)COP(=O)(O)OC[C@@H](COC(=O)CCCCCCCCCCC)OC(=O)CCCCCCCCCCCC(C)C)OC(=O)CCCCCCCCCCCCCCCCC(C)CC. The second-order valence-electron chi connectivity index (χ2n) is 27.8. The van der Waals surface area contributed by atoms with Crippen molar-refractivity contribution >= 4 is 39.5 Å². The molecule has 558 valence electrons. The van der Waals surface area contributed by atoms with Gasteiger partial charge in [-0.1, -0.05) is 337 Å². The van der Waals surface area contributed by atoms with Crippen LogP contribution in [0.1, 0.15) is 388 Å². The monoisotopic (exact) mass is 1380 g/mol. The van der Waals surface area contributed by atoms with E-state index in [4.69, 9.17) is 37.0 Å². The number of aliphatic hydroxyl groups excluding tert-OH is 1. The highest BCUT2D eigenvalue weighted by Crippen LogP contribution is 2.45. The van der Waals surface area contributed by atoms with Gasteiger partial charge in [-0.2, -0.15) is 0 Å². The molecule has 0 amide bonds. The summed E-state index contributed by atoms with van der Waals surface area (Å²) in [5.41, 5.74) is 0. The molecule has 0 saturated heterocycles. The van der Waals surface area contributed by atoms with E-state index >= 15 is 0 Å². The van der Waals surface area contributed by atoms with Crippen LogP contribution in [0.3, 0.4) is 0 Å². The molecule has 0 bridgehead atoms. The summed E-state index contributed by atoms with van der Waals surface area (Å²) in [6, 6.07) is 0. The molecule has 0 rings (SSSR count). The van der Waals surface area contributed by atoms with Gasteiger partial charge in [-0.3, -0.25) is 37.3 Å². The number of ether oxygens (including phenoxy) is 4. The van der Waals surface area contributed by atoms with Gasteiger partial charge in [-0.05, 0) is 37.5 Å². The first-order chi connectivity index (χ1) is 45.4. The number of rotatable bonds is 74. The molecule has 0 aromatic heterocycles. The fourth-order valence-corrected chi connectivity index (χ4v) is 13.0. The molecule has 0 radical (unpaired) electrons. The summed E-state index contributed by atoms with van der Waals surface area (Å²) in [5, 5.41) is 10.6. The number of phosphoric acid groups is 2. The van der Waals surface area contributed by atoms with Gasteiger partial charge in [-0.15, -0.1) is 0 Å². The van der Waals surface area contributed by atoms with Crippen molar-refractivity contribution in [2.45, 2.75) is 407 Å². The first-order valence-corrected chi connectivity index (χ1v) is 42.0. The lowest BCUT2D eigenvalue weighted by atomic mass is 9.99. The third kappa shape index (κ3) is 67.3. The van der Waals surface area contributed by atoms with Gasteiger partial charge < -0.3 is 33.8 Å². The summed E-state index contributed by atoms with van der Waals surface area (Å²) < 4.78 is 68.5. The van der Waals surface area contributed by atoms with E-state index in [-0.39, 0.29) is 25.7 Å². The molecule has 0 aromatic rings. The maximum absolute atomic E-state index is 13.1. The lowest BCUT2D eigenvalue weighted by Gasteiger charge is -2.21. The highest BCUT2D eigenvalue weighted by molar-refractivity contribution is 7.47. The van der Waals surface area contributed by atoms with Crippen LogP contribution in [0.15, 0.2) is 0 Å². The largest absolute Gasteiger partial charge is 0.472 e. The van der Waals surface area contributed by atoms with E-state index < -0.39 is 97.5 Å². The Hall–Kier alpha value is -1.94. The number of hydrogen-bond acceptors (Lipinski definition) is 15. The third-order valence-corrected chi connectivity index (χ3v) is 19.7. The standard InChI is InChI=1S/C75H146O17P2/c1-7-10-12-14-16-18-19-20-21-25-28-34-40-46-52-58-73(78)86-64-71(91-74(79)59-53-47-41-35-29-26-23-22-24-27-33-38-44-50-56-68(6)9-3)66-90-94(83,84)88-62-69(76)61-87-93(81,82)89-65-70(63-85-72(77)57-51-45-39-31-17-15-13-11-8-2)92-75(80)60-54-48-42-36-30-32-37-43-49-55-67(4)5/h67-71,76H,7-66H2,1-6H3,(H,81,82)(H,83,84)/t68?,69-,70+,71+/m0/s1. The number of carbonyl (C=O) groups excluding carboxylic acids is 4. The van der Waals surface area contributed by atoms with E-state index in [9.17, 15) is 43.2 Å². The Kier molecular flexibility index (Phi) is 65.5. The molecule has 3 unspecified atom stereocenters. The minimum Gasteiger partial charge on any atom is -0.462 e. The Bertz CT molecular complexity index is 1820. The third-order valence-electron chi connectivity index (χ3n) is 17.8. The van der Waals surface area contributed by atoms with Crippen molar-refractivity contribution < 1.29 is 80.2 Å². The zero-order valence-corrected chi connectivity index (χ0v) is 63.1. The number of esters is 4. The second-order valence-corrected chi connectivity index (χ2v) is 30.7. The topological polar surface area (TPSA) is 237 Å². The molecular formula is C75H146O17P2. The first-order valence-electron chi connectivity index (χ1n) is 39.0. The van der Waals surface area contributed by atoms with Gasteiger partial charge in [0.1, 0.15) is 19.3 Å². The fourth-order valence-electron chi connectivity index (χ4n) is 11.4. The Morgan fingerprint density at radius 3 is 0.809 bits per heavy atom. The maximum Gasteiger partial charge on any atom is 0.472 e. The van der Waals surface area contributed by atoms with E-state index in [2.05, 4.69) is 41.5 Å². The predicted octanol–water partition coefficient (Wildman–Crippen LogP) is 21.9. The average molecular weight is 1380 g/mol. The van der Waals surface area contributed by atoms with Crippen LogP contribution in [-0.2, 0) is 65.4 Å². The highest BCUT2D eigenvalue weighted by atomic mass is 31.2.